The van der Waals surface area contributed by atoms with Crippen LogP contribution < -0.4 is 0 Å². The Morgan fingerprint density at radius 3 is 2.00 bits per heavy atom. The molecule has 125 valence electrons. The number of ether oxygens (including phenoxy) is 1. The van der Waals surface area contributed by atoms with Crippen LogP contribution in [0.15, 0.2) is 60.7 Å². The van der Waals surface area contributed by atoms with Gasteiger partial charge in [0.1, 0.15) is 0 Å². The lowest BCUT2D eigenvalue weighted by molar-refractivity contribution is -0.149. The minimum absolute atomic E-state index is 0.0253. The quantitative estimate of drug-likeness (QED) is 0.722. The third-order valence-corrected chi connectivity index (χ3v) is 4.87. The molecule has 24 heavy (non-hydrogen) atoms. The van der Waals surface area contributed by atoms with E-state index in [2.05, 4.69) is 60.7 Å². The Labute approximate surface area is 144 Å². The van der Waals surface area contributed by atoms with Gasteiger partial charge in [0.15, 0.2) is 0 Å². The van der Waals surface area contributed by atoms with E-state index in [1.165, 1.54) is 17.0 Å². The van der Waals surface area contributed by atoms with Gasteiger partial charge in [-0.25, -0.2) is 0 Å². The molecule has 0 amide bonds. The lowest BCUT2D eigenvalue weighted by atomic mass is 9.70. The highest BCUT2D eigenvalue weighted by Crippen LogP contribution is 2.41. The Kier molecular flexibility index (Phi) is 5.68. The van der Waals surface area contributed by atoms with Gasteiger partial charge >= 0.3 is 5.97 Å². The van der Waals surface area contributed by atoms with E-state index in [1.54, 1.807) is 0 Å². The van der Waals surface area contributed by atoms with Crippen molar-refractivity contribution in [2.75, 3.05) is 6.61 Å². The summed E-state index contributed by atoms with van der Waals surface area (Å²) in [4.78, 5) is 12.2. The van der Waals surface area contributed by atoms with Crippen molar-refractivity contribution in [2.24, 2.45) is 11.8 Å². The normalized spacial score (nSPS) is 20.8. The van der Waals surface area contributed by atoms with Crippen LogP contribution in [0.4, 0.5) is 0 Å². The zero-order valence-corrected chi connectivity index (χ0v) is 14.3. The number of hydrogen-bond donors (Lipinski definition) is 0. The Hall–Kier alpha value is -2.09. The molecule has 3 rings (SSSR count). The largest absolute Gasteiger partial charge is 0.466 e. The van der Waals surface area contributed by atoms with Gasteiger partial charge in [-0.15, -0.1) is 0 Å². The molecular formula is C22H25O2. The molecule has 1 fully saturated rings. The second kappa shape index (κ2) is 8.14. The van der Waals surface area contributed by atoms with Crippen molar-refractivity contribution < 1.29 is 9.53 Å². The molecule has 2 aromatic carbocycles. The molecule has 2 heteroatoms. The minimum atomic E-state index is -0.0253. The lowest BCUT2D eigenvalue weighted by Gasteiger charge is -2.34. The van der Waals surface area contributed by atoms with Gasteiger partial charge in [-0.05, 0) is 43.2 Å². The van der Waals surface area contributed by atoms with Gasteiger partial charge in [0.25, 0.3) is 0 Å². The summed E-state index contributed by atoms with van der Waals surface area (Å²) >= 11 is 0. The predicted molar refractivity (Wildman–Crippen MR) is 96.4 cm³/mol. The summed E-state index contributed by atoms with van der Waals surface area (Å²) in [5.41, 5.74) is 2.52. The zero-order valence-electron chi connectivity index (χ0n) is 14.3. The van der Waals surface area contributed by atoms with E-state index >= 15 is 0 Å². The molecule has 0 bridgehead atoms. The van der Waals surface area contributed by atoms with Crippen molar-refractivity contribution in [1.29, 1.82) is 0 Å². The fourth-order valence-electron chi connectivity index (χ4n) is 3.80. The molecule has 1 saturated carbocycles. The summed E-state index contributed by atoms with van der Waals surface area (Å²) in [5.74, 6) is 1.77. The molecule has 2 unspecified atom stereocenters. The summed E-state index contributed by atoms with van der Waals surface area (Å²) in [7, 11) is 0. The Balaban J connectivity index is 1.87. The molecular weight excluding hydrogens is 296 g/mol. The van der Waals surface area contributed by atoms with Gasteiger partial charge in [-0.1, -0.05) is 67.1 Å². The zero-order chi connectivity index (χ0) is 16.8. The van der Waals surface area contributed by atoms with Crippen LogP contribution in [0.2, 0.25) is 0 Å². The summed E-state index contributed by atoms with van der Waals surface area (Å²) < 4.78 is 5.27. The molecule has 1 aliphatic rings. The van der Waals surface area contributed by atoms with Crippen LogP contribution in [-0.2, 0) is 9.53 Å². The number of benzene rings is 2. The van der Waals surface area contributed by atoms with Crippen molar-refractivity contribution in [3.8, 4) is 0 Å². The van der Waals surface area contributed by atoms with Crippen molar-refractivity contribution in [2.45, 2.75) is 32.6 Å². The fourth-order valence-corrected chi connectivity index (χ4v) is 3.80. The van der Waals surface area contributed by atoms with Crippen LogP contribution in [-0.4, -0.2) is 12.6 Å². The van der Waals surface area contributed by atoms with Crippen molar-refractivity contribution in [1.82, 2.24) is 0 Å². The highest BCUT2D eigenvalue weighted by molar-refractivity contribution is 5.72. The highest BCUT2D eigenvalue weighted by atomic mass is 16.5. The van der Waals surface area contributed by atoms with Gasteiger partial charge in [-0.3, -0.25) is 4.79 Å². The molecule has 1 radical (unpaired) electrons. The van der Waals surface area contributed by atoms with Crippen molar-refractivity contribution >= 4 is 5.97 Å². The van der Waals surface area contributed by atoms with Crippen LogP contribution in [0.25, 0.3) is 0 Å². The highest BCUT2D eigenvalue weighted by Gasteiger charge is 2.34. The van der Waals surface area contributed by atoms with E-state index < -0.39 is 0 Å². The third-order valence-electron chi connectivity index (χ3n) is 4.87. The maximum absolute atomic E-state index is 12.2. The molecule has 2 atom stereocenters. The second-order valence-electron chi connectivity index (χ2n) is 6.46. The molecule has 0 aromatic heterocycles. The number of esters is 1. The first-order chi connectivity index (χ1) is 11.8. The lowest BCUT2D eigenvalue weighted by Crippen LogP contribution is -2.28. The van der Waals surface area contributed by atoms with Crippen molar-refractivity contribution in [3.05, 3.63) is 77.7 Å². The van der Waals surface area contributed by atoms with E-state index in [9.17, 15) is 4.79 Å². The van der Waals surface area contributed by atoms with Crippen LogP contribution >= 0.6 is 0 Å². The first-order valence-electron chi connectivity index (χ1n) is 8.94. The van der Waals surface area contributed by atoms with Gasteiger partial charge in [0.2, 0.25) is 0 Å². The maximum Gasteiger partial charge on any atom is 0.308 e. The van der Waals surface area contributed by atoms with Crippen LogP contribution in [0, 0.1) is 17.8 Å². The topological polar surface area (TPSA) is 26.3 Å². The molecule has 0 saturated heterocycles. The maximum atomic E-state index is 12.2. The van der Waals surface area contributed by atoms with Gasteiger partial charge in [-0.2, -0.15) is 0 Å². The molecule has 0 heterocycles. The number of carbonyl (C=O) groups excluding carboxylic acids is 1. The van der Waals surface area contributed by atoms with Crippen LogP contribution in [0.3, 0.4) is 0 Å². The Morgan fingerprint density at radius 1 is 0.917 bits per heavy atom. The molecule has 0 N–H and O–H groups in total. The van der Waals surface area contributed by atoms with Crippen LogP contribution in [0.1, 0.15) is 43.7 Å². The standard InChI is InChI=1S/C22H25O2/c1-2-24-22(23)20-15-9-14-19(16-20)21(17-10-5-3-6-11-17)18-12-7-4-8-13-18/h3-8,10-13,19-20H,2,9,14-16H2,1H3. The van der Waals surface area contributed by atoms with Crippen molar-refractivity contribution in [3.63, 3.8) is 0 Å². The predicted octanol–water partition coefficient (Wildman–Crippen LogP) is 5.03. The smallest absolute Gasteiger partial charge is 0.308 e. The summed E-state index contributed by atoms with van der Waals surface area (Å²) in [5, 5.41) is 0. The molecule has 0 aliphatic heterocycles. The molecule has 2 nitrogen and oxygen atoms in total. The average Bonchev–Trinajstić information content (AvgIpc) is 2.64. The monoisotopic (exact) mass is 321 g/mol. The average molecular weight is 321 g/mol. The first kappa shape index (κ1) is 16.8. The minimum Gasteiger partial charge on any atom is -0.466 e. The van der Waals surface area contributed by atoms with Gasteiger partial charge in [0.05, 0.1) is 12.5 Å². The first-order valence-corrected chi connectivity index (χ1v) is 8.94. The van der Waals surface area contributed by atoms with E-state index in [4.69, 9.17) is 4.74 Å². The molecule has 2 aromatic rings. The van der Waals surface area contributed by atoms with E-state index in [0.29, 0.717) is 12.5 Å². The van der Waals surface area contributed by atoms with Gasteiger partial charge in [0, 0.05) is 5.92 Å². The van der Waals surface area contributed by atoms with E-state index in [0.717, 1.165) is 25.7 Å². The SMILES string of the molecule is CCOC(=O)C1CCCC([C](c2ccccc2)c2ccccc2)C1. The van der Waals surface area contributed by atoms with E-state index in [1.807, 2.05) is 6.92 Å². The summed E-state index contributed by atoms with van der Waals surface area (Å²) in [6, 6.07) is 21.2. The Bertz CT molecular complexity index is 596. The second-order valence-corrected chi connectivity index (χ2v) is 6.46. The Morgan fingerprint density at radius 2 is 1.46 bits per heavy atom. The van der Waals surface area contributed by atoms with Crippen LogP contribution in [0.5, 0.6) is 0 Å². The van der Waals surface area contributed by atoms with E-state index in [-0.39, 0.29) is 11.9 Å². The fraction of sp³-hybridized carbons (Fsp3) is 0.364. The summed E-state index contributed by atoms with van der Waals surface area (Å²) in [6.07, 6.45) is 4.05. The number of hydrogen-bond acceptors (Lipinski definition) is 2. The van der Waals surface area contributed by atoms with Gasteiger partial charge < -0.3 is 4.74 Å². The number of rotatable bonds is 5. The summed E-state index contributed by atoms with van der Waals surface area (Å²) in [6.45, 7) is 2.34. The molecule has 0 spiro atoms. The third kappa shape index (κ3) is 3.87. The molecule has 1 aliphatic carbocycles. The number of carbonyl (C=O) groups is 1.